The molecular formula is C12H10F2N6O. The first-order valence-electron chi connectivity index (χ1n) is 5.94. The molecule has 0 spiro atoms. The van der Waals surface area contributed by atoms with Crippen molar-refractivity contribution in [3.8, 4) is 17.3 Å². The number of nitrogen functional groups attached to an aromatic ring is 1. The van der Waals surface area contributed by atoms with Crippen molar-refractivity contribution in [2.75, 3.05) is 5.73 Å². The Balaban J connectivity index is 2.14. The summed E-state index contributed by atoms with van der Waals surface area (Å²) in [5.41, 5.74) is 7.13. The monoisotopic (exact) mass is 292 g/mol. The lowest BCUT2D eigenvalue weighted by atomic mass is 10.3. The number of imidazole rings is 1. The molecule has 7 nitrogen and oxygen atoms in total. The van der Waals surface area contributed by atoms with Gasteiger partial charge in [-0.2, -0.15) is 13.8 Å². The highest BCUT2D eigenvalue weighted by atomic mass is 19.3. The number of nitrogens with one attached hydrogen (secondary N) is 1. The molecule has 0 radical (unpaired) electrons. The van der Waals surface area contributed by atoms with Crippen molar-refractivity contribution in [1.82, 2.24) is 24.9 Å². The van der Waals surface area contributed by atoms with Gasteiger partial charge in [-0.1, -0.05) is 0 Å². The summed E-state index contributed by atoms with van der Waals surface area (Å²) in [6.07, 6.45) is 1.46. The first kappa shape index (κ1) is 13.2. The van der Waals surface area contributed by atoms with Gasteiger partial charge < -0.3 is 15.5 Å². The van der Waals surface area contributed by atoms with Crippen LogP contribution in [0.1, 0.15) is 5.69 Å². The third kappa shape index (κ3) is 2.57. The van der Waals surface area contributed by atoms with Crippen LogP contribution in [0.2, 0.25) is 0 Å². The molecule has 0 aromatic carbocycles. The van der Waals surface area contributed by atoms with Gasteiger partial charge in [-0.05, 0) is 19.1 Å². The van der Waals surface area contributed by atoms with Crippen LogP contribution in [0.5, 0.6) is 5.75 Å². The molecule has 3 aromatic heterocycles. The fourth-order valence-corrected chi connectivity index (χ4v) is 1.84. The first-order chi connectivity index (χ1) is 10.0. The molecule has 0 aliphatic rings. The molecule has 0 aliphatic carbocycles. The number of H-pyrrole nitrogens is 1. The average molecular weight is 292 g/mol. The van der Waals surface area contributed by atoms with Gasteiger partial charge in [-0.3, -0.25) is 0 Å². The van der Waals surface area contributed by atoms with E-state index in [0.717, 1.165) is 0 Å². The summed E-state index contributed by atoms with van der Waals surface area (Å²) in [7, 11) is 0. The van der Waals surface area contributed by atoms with Crippen LogP contribution in [-0.2, 0) is 0 Å². The lowest BCUT2D eigenvalue weighted by Crippen LogP contribution is -2.05. The molecule has 0 atom stereocenters. The zero-order valence-corrected chi connectivity index (χ0v) is 10.8. The van der Waals surface area contributed by atoms with E-state index in [-0.39, 0.29) is 23.2 Å². The Hall–Kier alpha value is -2.84. The molecule has 0 fully saturated rings. The molecular weight excluding hydrogens is 282 g/mol. The van der Waals surface area contributed by atoms with Crippen LogP contribution in [0.25, 0.3) is 22.7 Å². The number of aromatic nitrogens is 5. The maximum atomic E-state index is 12.5. The molecule has 0 saturated carbocycles. The van der Waals surface area contributed by atoms with Gasteiger partial charge in [0.15, 0.2) is 17.2 Å². The van der Waals surface area contributed by atoms with E-state index in [2.05, 4.69) is 29.7 Å². The van der Waals surface area contributed by atoms with Gasteiger partial charge in [0.25, 0.3) is 0 Å². The molecule has 0 saturated heterocycles. The molecule has 0 aliphatic heterocycles. The number of fused-ring (bicyclic) bond motifs is 1. The highest BCUT2D eigenvalue weighted by molar-refractivity contribution is 5.76. The minimum Gasteiger partial charge on any atom is -0.432 e. The number of pyridine rings is 1. The summed E-state index contributed by atoms with van der Waals surface area (Å²) in [6, 6.07) is 2.98. The Kier molecular flexibility index (Phi) is 3.09. The fraction of sp³-hybridized carbons (Fsp3) is 0.167. The van der Waals surface area contributed by atoms with Crippen LogP contribution in [-0.4, -0.2) is 31.5 Å². The van der Waals surface area contributed by atoms with Gasteiger partial charge in [-0.25, -0.2) is 15.0 Å². The number of aryl methyl sites for hydroxylation is 1. The smallest absolute Gasteiger partial charge is 0.387 e. The van der Waals surface area contributed by atoms with Gasteiger partial charge in [0, 0.05) is 5.69 Å². The zero-order valence-electron chi connectivity index (χ0n) is 10.8. The Morgan fingerprint density at radius 1 is 1.24 bits per heavy atom. The van der Waals surface area contributed by atoms with Gasteiger partial charge in [0.1, 0.15) is 11.2 Å². The molecule has 3 heterocycles. The molecule has 3 rings (SSSR count). The molecule has 3 N–H and O–H groups in total. The van der Waals surface area contributed by atoms with Crippen molar-refractivity contribution >= 4 is 17.1 Å². The predicted octanol–water partition coefficient (Wildman–Crippen LogP) is 1.91. The number of anilines is 1. The van der Waals surface area contributed by atoms with Crippen LogP contribution in [0.4, 0.5) is 14.7 Å². The SMILES string of the molecule is Cc1ccc(OC(F)F)c(-c2nc3nc(N)ncc3[nH]2)n1. The second-order valence-corrected chi connectivity index (χ2v) is 4.23. The molecule has 108 valence electrons. The Bertz CT molecular complexity index is 804. The number of nitrogens with zero attached hydrogens (tertiary/aromatic N) is 4. The zero-order chi connectivity index (χ0) is 15.0. The number of alkyl halides is 2. The summed E-state index contributed by atoms with van der Waals surface area (Å²) in [6.45, 7) is -1.22. The van der Waals surface area contributed by atoms with E-state index in [1.807, 2.05) is 0 Å². The normalized spacial score (nSPS) is 11.2. The van der Waals surface area contributed by atoms with E-state index in [9.17, 15) is 8.78 Å². The van der Waals surface area contributed by atoms with Crippen LogP contribution >= 0.6 is 0 Å². The fourth-order valence-electron chi connectivity index (χ4n) is 1.84. The van der Waals surface area contributed by atoms with Gasteiger partial charge in [-0.15, -0.1) is 0 Å². The van der Waals surface area contributed by atoms with E-state index < -0.39 is 6.61 Å². The van der Waals surface area contributed by atoms with Crippen LogP contribution < -0.4 is 10.5 Å². The van der Waals surface area contributed by atoms with Crippen molar-refractivity contribution in [2.45, 2.75) is 13.5 Å². The van der Waals surface area contributed by atoms with Crippen LogP contribution in [0.15, 0.2) is 18.3 Å². The van der Waals surface area contributed by atoms with E-state index >= 15 is 0 Å². The maximum Gasteiger partial charge on any atom is 0.387 e. The van der Waals surface area contributed by atoms with Crippen molar-refractivity contribution in [3.63, 3.8) is 0 Å². The van der Waals surface area contributed by atoms with E-state index in [1.165, 1.54) is 12.3 Å². The average Bonchev–Trinajstić information content (AvgIpc) is 2.83. The minimum absolute atomic E-state index is 0.0711. The standard InChI is InChI=1S/C12H10F2N6O/c1-5-2-3-7(21-11(13)14)8(17-5)10-18-6-4-16-12(15)20-9(6)19-10/h2-4,11H,1H3,(H3,15,16,18,19,20). The summed E-state index contributed by atoms with van der Waals surface area (Å²) < 4.78 is 29.4. The van der Waals surface area contributed by atoms with E-state index in [0.29, 0.717) is 16.9 Å². The molecule has 0 unspecified atom stereocenters. The summed E-state index contributed by atoms with van der Waals surface area (Å²) in [4.78, 5) is 19.0. The van der Waals surface area contributed by atoms with E-state index in [1.54, 1.807) is 13.0 Å². The topological polar surface area (TPSA) is 103 Å². The summed E-state index contributed by atoms with van der Waals surface area (Å²) in [5.74, 6) is 0.252. The van der Waals surface area contributed by atoms with Gasteiger partial charge in [0.05, 0.1) is 6.20 Å². The summed E-state index contributed by atoms with van der Waals surface area (Å²) >= 11 is 0. The van der Waals surface area contributed by atoms with Crippen molar-refractivity contribution in [3.05, 3.63) is 24.0 Å². The lowest BCUT2D eigenvalue weighted by Gasteiger charge is -2.08. The third-order valence-corrected chi connectivity index (χ3v) is 2.70. The molecule has 0 bridgehead atoms. The van der Waals surface area contributed by atoms with E-state index in [4.69, 9.17) is 5.73 Å². The lowest BCUT2D eigenvalue weighted by molar-refractivity contribution is -0.0496. The number of aromatic amines is 1. The van der Waals surface area contributed by atoms with Crippen LogP contribution in [0, 0.1) is 6.92 Å². The molecule has 3 aromatic rings. The van der Waals surface area contributed by atoms with Crippen LogP contribution in [0.3, 0.4) is 0 Å². The van der Waals surface area contributed by atoms with Crippen molar-refractivity contribution in [2.24, 2.45) is 0 Å². The highest BCUT2D eigenvalue weighted by Gasteiger charge is 2.17. The van der Waals surface area contributed by atoms with Gasteiger partial charge >= 0.3 is 6.61 Å². The molecule has 0 amide bonds. The quantitative estimate of drug-likeness (QED) is 0.764. The molecule has 21 heavy (non-hydrogen) atoms. The number of halogens is 2. The number of rotatable bonds is 3. The first-order valence-corrected chi connectivity index (χ1v) is 5.94. The number of hydrogen-bond donors (Lipinski definition) is 2. The number of hydrogen-bond acceptors (Lipinski definition) is 6. The third-order valence-electron chi connectivity index (χ3n) is 2.70. The van der Waals surface area contributed by atoms with Crippen molar-refractivity contribution in [1.29, 1.82) is 0 Å². The molecule has 9 heteroatoms. The second-order valence-electron chi connectivity index (χ2n) is 4.23. The highest BCUT2D eigenvalue weighted by Crippen LogP contribution is 2.28. The summed E-state index contributed by atoms with van der Waals surface area (Å²) in [5, 5.41) is 0. The number of nitrogens with two attached hydrogens (primary N) is 1. The minimum atomic E-state index is -2.95. The second kappa shape index (κ2) is 4.93. The van der Waals surface area contributed by atoms with Crippen molar-refractivity contribution < 1.29 is 13.5 Å². The Morgan fingerprint density at radius 2 is 2.05 bits per heavy atom. The Labute approximate surface area is 117 Å². The Morgan fingerprint density at radius 3 is 2.81 bits per heavy atom. The maximum absolute atomic E-state index is 12.5. The largest absolute Gasteiger partial charge is 0.432 e. The number of ether oxygens (including phenoxy) is 1. The van der Waals surface area contributed by atoms with Gasteiger partial charge in [0.2, 0.25) is 5.95 Å². The predicted molar refractivity (Wildman–Crippen MR) is 70.7 cm³/mol.